The zero-order valence-electron chi connectivity index (χ0n) is 13.4. The van der Waals surface area contributed by atoms with E-state index < -0.39 is 5.97 Å². The van der Waals surface area contributed by atoms with Crippen molar-refractivity contribution in [3.8, 4) is 22.3 Å². The average Bonchev–Trinajstić information content (AvgIpc) is 2.67. The number of hydrogen-bond acceptors (Lipinski definition) is 1. The minimum absolute atomic E-state index is 0.334. The van der Waals surface area contributed by atoms with Gasteiger partial charge in [0.15, 0.2) is 0 Å². The molecule has 0 heterocycles. The van der Waals surface area contributed by atoms with Crippen molar-refractivity contribution >= 4 is 37.8 Å². The van der Waals surface area contributed by atoms with Crippen LogP contribution in [0.15, 0.2) is 66.7 Å². The van der Waals surface area contributed by atoms with Crippen LogP contribution in [0.25, 0.3) is 22.3 Å². The third kappa shape index (κ3) is 3.86. The highest BCUT2D eigenvalue weighted by Gasteiger charge is 2.17. The molecule has 0 bridgehead atoms. The third-order valence-corrected chi connectivity index (χ3v) is 5.41. The number of carbonyl (C=O) groups is 1. The summed E-state index contributed by atoms with van der Waals surface area (Å²) in [6, 6.07) is 21.5. The fourth-order valence-corrected chi connectivity index (χ4v) is 3.56. The SMILES string of the molecule is O=C(O)c1c(-c2ccc(CBr)cc2)cccc1-c1ccc(CBr)cc1. The van der Waals surface area contributed by atoms with Gasteiger partial charge in [-0.05, 0) is 33.4 Å². The summed E-state index contributed by atoms with van der Waals surface area (Å²) >= 11 is 6.86. The topological polar surface area (TPSA) is 37.3 Å². The van der Waals surface area contributed by atoms with E-state index in [9.17, 15) is 9.90 Å². The van der Waals surface area contributed by atoms with E-state index in [4.69, 9.17) is 0 Å². The maximum absolute atomic E-state index is 12.0. The molecule has 3 aromatic rings. The predicted octanol–water partition coefficient (Wildman–Crippen LogP) is 6.51. The van der Waals surface area contributed by atoms with Crippen LogP contribution in [0.4, 0.5) is 0 Å². The number of aromatic carboxylic acids is 1. The Hall–Kier alpha value is -1.91. The quantitative estimate of drug-likeness (QED) is 0.441. The van der Waals surface area contributed by atoms with Gasteiger partial charge in [0.25, 0.3) is 0 Å². The highest BCUT2D eigenvalue weighted by Crippen LogP contribution is 2.33. The Kier molecular flexibility index (Phi) is 5.71. The van der Waals surface area contributed by atoms with Crippen molar-refractivity contribution in [2.45, 2.75) is 10.7 Å². The molecule has 3 rings (SSSR count). The van der Waals surface area contributed by atoms with Gasteiger partial charge >= 0.3 is 5.97 Å². The summed E-state index contributed by atoms with van der Waals surface area (Å²) in [5, 5.41) is 11.4. The molecule has 0 spiro atoms. The molecule has 2 nitrogen and oxygen atoms in total. The van der Waals surface area contributed by atoms with Gasteiger partial charge in [0.05, 0.1) is 5.56 Å². The van der Waals surface area contributed by atoms with E-state index in [0.29, 0.717) is 5.56 Å². The van der Waals surface area contributed by atoms with Gasteiger partial charge in [-0.2, -0.15) is 0 Å². The summed E-state index contributed by atoms with van der Waals surface area (Å²) in [6.45, 7) is 0. The Balaban J connectivity index is 2.14. The van der Waals surface area contributed by atoms with E-state index in [0.717, 1.165) is 44.0 Å². The third-order valence-electron chi connectivity index (χ3n) is 4.12. The minimum atomic E-state index is -0.917. The first-order chi connectivity index (χ1) is 12.1. The van der Waals surface area contributed by atoms with Gasteiger partial charge < -0.3 is 5.11 Å². The molecule has 0 saturated carbocycles. The van der Waals surface area contributed by atoms with Crippen molar-refractivity contribution < 1.29 is 9.90 Å². The number of hydrogen-bond donors (Lipinski definition) is 1. The Morgan fingerprint density at radius 1 is 0.720 bits per heavy atom. The number of benzene rings is 3. The fraction of sp³-hybridized carbons (Fsp3) is 0.0952. The summed E-state index contributed by atoms with van der Waals surface area (Å²) in [4.78, 5) is 12.0. The zero-order valence-corrected chi connectivity index (χ0v) is 16.5. The van der Waals surface area contributed by atoms with Crippen molar-refractivity contribution in [1.29, 1.82) is 0 Å². The lowest BCUT2D eigenvalue weighted by molar-refractivity contribution is 0.0698. The van der Waals surface area contributed by atoms with Crippen LogP contribution in [0.2, 0.25) is 0 Å². The maximum Gasteiger partial charge on any atom is 0.336 e. The van der Waals surface area contributed by atoms with Crippen molar-refractivity contribution in [2.75, 3.05) is 0 Å². The molecule has 126 valence electrons. The Labute approximate surface area is 163 Å². The van der Waals surface area contributed by atoms with Gasteiger partial charge in [-0.3, -0.25) is 0 Å². The predicted molar refractivity (Wildman–Crippen MR) is 110 cm³/mol. The van der Waals surface area contributed by atoms with Crippen LogP contribution in [-0.4, -0.2) is 11.1 Å². The Bertz CT molecular complexity index is 819. The van der Waals surface area contributed by atoms with Crippen LogP contribution in [0.1, 0.15) is 21.5 Å². The van der Waals surface area contributed by atoms with Crippen LogP contribution in [0.3, 0.4) is 0 Å². The van der Waals surface area contributed by atoms with E-state index in [1.165, 1.54) is 0 Å². The molecule has 25 heavy (non-hydrogen) atoms. The second-order valence-corrected chi connectivity index (χ2v) is 6.82. The molecule has 0 aliphatic heterocycles. The average molecular weight is 460 g/mol. The fourth-order valence-electron chi connectivity index (χ4n) is 2.81. The molecule has 3 aromatic carbocycles. The van der Waals surface area contributed by atoms with Gasteiger partial charge in [-0.1, -0.05) is 98.6 Å². The summed E-state index contributed by atoms with van der Waals surface area (Å²) < 4.78 is 0. The molecular weight excluding hydrogens is 444 g/mol. The summed E-state index contributed by atoms with van der Waals surface area (Å²) in [5.41, 5.74) is 5.92. The number of carboxylic acid groups (broad SMARTS) is 1. The number of alkyl halides is 2. The van der Waals surface area contributed by atoms with Gasteiger partial charge in [-0.15, -0.1) is 0 Å². The summed E-state index contributed by atoms with van der Waals surface area (Å²) in [6.07, 6.45) is 0. The molecule has 0 amide bonds. The molecule has 0 fully saturated rings. The molecule has 0 aromatic heterocycles. The molecule has 1 N–H and O–H groups in total. The maximum atomic E-state index is 12.0. The van der Waals surface area contributed by atoms with Crippen molar-refractivity contribution in [1.82, 2.24) is 0 Å². The molecule has 0 saturated heterocycles. The van der Waals surface area contributed by atoms with E-state index in [2.05, 4.69) is 31.9 Å². The normalized spacial score (nSPS) is 10.6. The van der Waals surface area contributed by atoms with Gasteiger partial charge in [0.1, 0.15) is 0 Å². The van der Waals surface area contributed by atoms with Crippen LogP contribution in [-0.2, 0) is 10.7 Å². The zero-order chi connectivity index (χ0) is 17.8. The van der Waals surface area contributed by atoms with Crippen molar-refractivity contribution in [3.05, 3.63) is 83.4 Å². The molecule has 0 unspecified atom stereocenters. The molecular formula is C21H16Br2O2. The lowest BCUT2D eigenvalue weighted by atomic mass is 9.91. The van der Waals surface area contributed by atoms with Gasteiger partial charge in [0.2, 0.25) is 0 Å². The Morgan fingerprint density at radius 3 is 1.44 bits per heavy atom. The van der Waals surface area contributed by atoms with E-state index in [1.54, 1.807) is 0 Å². The smallest absolute Gasteiger partial charge is 0.336 e. The molecule has 4 heteroatoms. The monoisotopic (exact) mass is 458 g/mol. The van der Waals surface area contributed by atoms with E-state index >= 15 is 0 Å². The lowest BCUT2D eigenvalue weighted by Gasteiger charge is -2.13. The van der Waals surface area contributed by atoms with Crippen LogP contribution >= 0.6 is 31.9 Å². The Morgan fingerprint density at radius 2 is 1.12 bits per heavy atom. The standard InChI is InChI=1S/C21H16Br2O2/c22-12-14-4-8-16(9-5-14)18-2-1-3-19(20(18)21(24)25)17-10-6-15(13-23)7-11-17/h1-11H,12-13H2,(H,24,25). The number of rotatable bonds is 5. The number of carboxylic acids is 1. The first-order valence-corrected chi connectivity index (χ1v) is 10.0. The minimum Gasteiger partial charge on any atom is -0.478 e. The van der Waals surface area contributed by atoms with Crippen LogP contribution < -0.4 is 0 Å². The van der Waals surface area contributed by atoms with E-state index in [1.807, 2.05) is 66.7 Å². The summed E-state index contributed by atoms with van der Waals surface area (Å²) in [7, 11) is 0. The first kappa shape index (κ1) is 17.9. The van der Waals surface area contributed by atoms with Gasteiger partial charge in [0, 0.05) is 10.7 Å². The van der Waals surface area contributed by atoms with Crippen LogP contribution in [0.5, 0.6) is 0 Å². The molecule has 0 aliphatic rings. The molecule has 0 aliphatic carbocycles. The van der Waals surface area contributed by atoms with Crippen LogP contribution in [0, 0.1) is 0 Å². The highest BCUT2D eigenvalue weighted by atomic mass is 79.9. The van der Waals surface area contributed by atoms with E-state index in [-0.39, 0.29) is 0 Å². The first-order valence-electron chi connectivity index (χ1n) is 7.81. The largest absolute Gasteiger partial charge is 0.478 e. The van der Waals surface area contributed by atoms with Crippen molar-refractivity contribution in [2.24, 2.45) is 0 Å². The number of halogens is 2. The second kappa shape index (κ2) is 7.98. The highest BCUT2D eigenvalue weighted by molar-refractivity contribution is 9.08. The summed E-state index contributed by atoms with van der Waals surface area (Å²) in [5.74, 6) is -0.917. The molecule has 0 atom stereocenters. The lowest BCUT2D eigenvalue weighted by Crippen LogP contribution is -2.03. The second-order valence-electron chi connectivity index (χ2n) is 5.69. The molecule has 0 radical (unpaired) electrons. The van der Waals surface area contributed by atoms with Crippen molar-refractivity contribution in [3.63, 3.8) is 0 Å². The van der Waals surface area contributed by atoms with Gasteiger partial charge in [-0.25, -0.2) is 4.79 Å².